The Morgan fingerprint density at radius 3 is 2.04 bits per heavy atom. The van der Waals surface area contributed by atoms with Crippen LogP contribution in [0.15, 0.2) is 67.0 Å². The molecule has 1 N–H and O–H groups in total. The highest BCUT2D eigenvalue weighted by atomic mass is 16.7. The lowest BCUT2D eigenvalue weighted by Crippen LogP contribution is -2.40. The number of methoxy groups -OCH3 is 1. The molecule has 5 rings (SSSR count). The van der Waals surface area contributed by atoms with Crippen LogP contribution in [0.1, 0.15) is 54.7 Å². The van der Waals surface area contributed by atoms with Gasteiger partial charge in [-0.15, -0.1) is 0 Å². The molecule has 4 atom stereocenters. The second-order valence-electron chi connectivity index (χ2n) is 10.5. The van der Waals surface area contributed by atoms with Gasteiger partial charge in [-0.25, -0.2) is 19.7 Å². The third-order valence-corrected chi connectivity index (χ3v) is 7.28. The second-order valence-corrected chi connectivity index (χ2v) is 10.5. The van der Waals surface area contributed by atoms with Crippen molar-refractivity contribution in [3.05, 3.63) is 83.9 Å². The van der Waals surface area contributed by atoms with Crippen LogP contribution in [0.5, 0.6) is 0 Å². The number of esters is 4. The number of aromatic nitrogens is 4. The van der Waals surface area contributed by atoms with Gasteiger partial charge in [0.05, 0.1) is 13.4 Å². The van der Waals surface area contributed by atoms with E-state index >= 15 is 0 Å². The van der Waals surface area contributed by atoms with Crippen molar-refractivity contribution in [3.8, 4) is 0 Å². The topological polar surface area (TPSA) is 170 Å². The van der Waals surface area contributed by atoms with E-state index in [4.69, 9.17) is 23.7 Å². The van der Waals surface area contributed by atoms with Crippen LogP contribution in [0.4, 0.5) is 5.82 Å². The second kappa shape index (κ2) is 14.2. The number of ether oxygens (including phenoxy) is 5. The van der Waals surface area contributed by atoms with Crippen molar-refractivity contribution >= 4 is 40.9 Å². The Labute approximate surface area is 264 Å². The number of anilines is 1. The molecule has 46 heavy (non-hydrogen) atoms. The number of carbonyl (C=O) groups excluding carboxylic acids is 4. The molecule has 14 nitrogen and oxygen atoms in total. The molecule has 0 radical (unpaired) electrons. The minimum absolute atomic E-state index is 0.0888. The summed E-state index contributed by atoms with van der Waals surface area (Å²) >= 11 is 0. The Bertz CT molecular complexity index is 1670. The van der Waals surface area contributed by atoms with E-state index in [0.29, 0.717) is 6.54 Å². The zero-order valence-electron chi connectivity index (χ0n) is 25.6. The average Bonchev–Trinajstić information content (AvgIpc) is 3.61. The van der Waals surface area contributed by atoms with Gasteiger partial charge in [0.1, 0.15) is 12.7 Å². The molecule has 3 heterocycles. The lowest BCUT2D eigenvalue weighted by atomic mass is 9.91. The number of rotatable bonds is 11. The predicted molar refractivity (Wildman–Crippen MR) is 162 cm³/mol. The molecule has 0 bridgehead atoms. The molecule has 0 saturated carbocycles. The summed E-state index contributed by atoms with van der Waals surface area (Å²) in [7, 11) is 1.21. The van der Waals surface area contributed by atoms with E-state index < -0.39 is 48.4 Å². The molecule has 4 aromatic rings. The normalized spacial score (nSPS) is 19.1. The summed E-state index contributed by atoms with van der Waals surface area (Å²) in [6.07, 6.45) is -3.09. The maximum Gasteiger partial charge on any atom is 0.376 e. The van der Waals surface area contributed by atoms with Crippen LogP contribution in [0.25, 0.3) is 11.2 Å². The standard InChI is InChI=1S/C32H33N5O9/c1-18(38)43-16-24-26(44-19(2)39)27(45-20(3)40)31(46-24)37-17-34-25-28(35-29(32(41)42-4)36-30(25)37)33-15-23(21-11-7-5-8-12-21)22-13-9-6-10-14-22/h5-14,17,23-24,26-27,31H,15-16H2,1-4H3,(H,33,35,36)/t24-,26-,27-,31-/m1/s1. The minimum atomic E-state index is -1.19. The quantitative estimate of drug-likeness (QED) is 0.189. The summed E-state index contributed by atoms with van der Waals surface area (Å²) in [5.74, 6) is -2.82. The molecule has 0 aliphatic carbocycles. The predicted octanol–water partition coefficient (Wildman–Crippen LogP) is 3.18. The van der Waals surface area contributed by atoms with Crippen molar-refractivity contribution in [2.24, 2.45) is 0 Å². The van der Waals surface area contributed by atoms with Crippen molar-refractivity contribution < 1.29 is 42.9 Å². The maximum absolute atomic E-state index is 12.7. The van der Waals surface area contributed by atoms with Gasteiger partial charge in [-0.05, 0) is 11.1 Å². The smallest absolute Gasteiger partial charge is 0.376 e. The molecule has 1 aliphatic heterocycles. The van der Waals surface area contributed by atoms with Crippen molar-refractivity contribution in [1.29, 1.82) is 0 Å². The third kappa shape index (κ3) is 7.12. The first-order valence-electron chi connectivity index (χ1n) is 14.5. The van der Waals surface area contributed by atoms with Crippen LogP contribution in [0.3, 0.4) is 0 Å². The van der Waals surface area contributed by atoms with Crippen LogP contribution < -0.4 is 5.32 Å². The summed E-state index contributed by atoms with van der Waals surface area (Å²) in [6, 6.07) is 19.9. The average molecular weight is 632 g/mol. The van der Waals surface area contributed by atoms with Crippen LogP contribution in [-0.2, 0) is 38.1 Å². The van der Waals surface area contributed by atoms with Gasteiger partial charge in [-0.2, -0.15) is 0 Å². The fourth-order valence-corrected chi connectivity index (χ4v) is 5.32. The van der Waals surface area contributed by atoms with Gasteiger partial charge in [0.15, 0.2) is 35.4 Å². The third-order valence-electron chi connectivity index (χ3n) is 7.28. The Hall–Kier alpha value is -5.37. The fraction of sp³-hybridized carbons (Fsp3) is 0.344. The summed E-state index contributed by atoms with van der Waals surface area (Å²) in [5.41, 5.74) is 2.55. The van der Waals surface area contributed by atoms with Crippen LogP contribution in [0, 0.1) is 0 Å². The lowest BCUT2D eigenvalue weighted by molar-refractivity contribution is -0.166. The van der Waals surface area contributed by atoms with Gasteiger partial charge in [0.25, 0.3) is 0 Å². The molecule has 2 aromatic heterocycles. The number of imidazole rings is 1. The molecule has 1 saturated heterocycles. The van der Waals surface area contributed by atoms with Crippen LogP contribution >= 0.6 is 0 Å². The molecule has 14 heteroatoms. The number of hydrogen-bond acceptors (Lipinski definition) is 13. The van der Waals surface area contributed by atoms with Gasteiger partial charge in [0.2, 0.25) is 5.82 Å². The van der Waals surface area contributed by atoms with Gasteiger partial charge < -0.3 is 29.0 Å². The van der Waals surface area contributed by atoms with E-state index in [2.05, 4.69) is 20.3 Å². The molecule has 2 aromatic carbocycles. The Kier molecular flexibility index (Phi) is 9.86. The summed E-state index contributed by atoms with van der Waals surface area (Å²) in [5, 5.41) is 3.34. The number of fused-ring (bicyclic) bond motifs is 1. The number of carbonyl (C=O) groups is 4. The monoisotopic (exact) mass is 631 g/mol. The highest BCUT2D eigenvalue weighted by molar-refractivity contribution is 5.91. The number of benzene rings is 2. The summed E-state index contributed by atoms with van der Waals surface area (Å²) in [4.78, 5) is 61.9. The SMILES string of the molecule is COC(=O)c1nc(NCC(c2ccccc2)c2ccccc2)c2ncn([C@@H]3O[C@H](COC(C)=O)[C@@H](OC(C)=O)[C@H]3OC(C)=O)c2n1. The first-order valence-corrected chi connectivity index (χ1v) is 14.5. The first kappa shape index (κ1) is 32.0. The Morgan fingerprint density at radius 2 is 1.48 bits per heavy atom. The first-order chi connectivity index (χ1) is 22.2. The Balaban J connectivity index is 1.56. The Morgan fingerprint density at radius 1 is 0.870 bits per heavy atom. The zero-order chi connectivity index (χ0) is 32.8. The van der Waals surface area contributed by atoms with E-state index in [1.54, 1.807) is 0 Å². The molecule has 0 amide bonds. The van der Waals surface area contributed by atoms with Gasteiger partial charge in [-0.3, -0.25) is 19.0 Å². The van der Waals surface area contributed by atoms with Crippen LogP contribution in [-0.4, -0.2) is 82.0 Å². The van der Waals surface area contributed by atoms with Crippen LogP contribution in [0.2, 0.25) is 0 Å². The van der Waals surface area contributed by atoms with Gasteiger partial charge >= 0.3 is 23.9 Å². The molecule has 1 fully saturated rings. The summed E-state index contributed by atoms with van der Waals surface area (Å²) in [6.45, 7) is 3.70. The molecular weight excluding hydrogens is 598 g/mol. The highest BCUT2D eigenvalue weighted by Gasteiger charge is 2.51. The van der Waals surface area contributed by atoms with E-state index in [1.165, 1.54) is 38.8 Å². The number of hydrogen-bond donors (Lipinski definition) is 1. The van der Waals surface area contributed by atoms with E-state index in [9.17, 15) is 19.2 Å². The molecule has 1 aliphatic rings. The molecule has 0 spiro atoms. The highest BCUT2D eigenvalue weighted by Crippen LogP contribution is 2.37. The van der Waals surface area contributed by atoms with Gasteiger partial charge in [-0.1, -0.05) is 60.7 Å². The lowest BCUT2D eigenvalue weighted by Gasteiger charge is -2.23. The largest absolute Gasteiger partial charge is 0.463 e. The minimum Gasteiger partial charge on any atom is -0.463 e. The molecule has 240 valence electrons. The van der Waals surface area contributed by atoms with Crippen molar-refractivity contribution in [2.45, 2.75) is 51.2 Å². The van der Waals surface area contributed by atoms with Crippen molar-refractivity contribution in [2.75, 3.05) is 25.6 Å². The zero-order valence-corrected chi connectivity index (χ0v) is 25.6. The molecular formula is C32H33N5O9. The molecule has 0 unspecified atom stereocenters. The summed E-state index contributed by atoms with van der Waals surface area (Å²) < 4.78 is 28.7. The van der Waals surface area contributed by atoms with Gasteiger partial charge in [0, 0.05) is 33.2 Å². The van der Waals surface area contributed by atoms with Crippen molar-refractivity contribution in [1.82, 2.24) is 19.5 Å². The fourth-order valence-electron chi connectivity index (χ4n) is 5.32. The maximum atomic E-state index is 12.7. The number of nitrogens with zero attached hydrogens (tertiary/aromatic N) is 4. The van der Waals surface area contributed by atoms with E-state index in [-0.39, 0.29) is 35.3 Å². The van der Waals surface area contributed by atoms with E-state index in [1.807, 2.05) is 60.7 Å². The number of nitrogens with one attached hydrogen (secondary N) is 1. The van der Waals surface area contributed by atoms with Crippen molar-refractivity contribution in [3.63, 3.8) is 0 Å². The van der Waals surface area contributed by atoms with E-state index in [0.717, 1.165) is 11.1 Å².